The predicted molar refractivity (Wildman–Crippen MR) is 92.3 cm³/mol. The van der Waals surface area contributed by atoms with Crippen LogP contribution in [0.3, 0.4) is 0 Å². The third-order valence-electron chi connectivity index (χ3n) is 3.37. The summed E-state index contributed by atoms with van der Waals surface area (Å²) in [5, 5.41) is 5.33. The number of carbonyl (C=O) groups is 2. The molecule has 0 fully saturated rings. The van der Waals surface area contributed by atoms with Crippen molar-refractivity contribution in [2.45, 2.75) is 17.1 Å². The minimum absolute atomic E-state index is 0.0560. The second kappa shape index (κ2) is 8.21. The molecule has 9 heteroatoms. The molecule has 0 spiro atoms. The maximum Gasteiger partial charge on any atom is 0.309 e. The number of benzene rings is 1. The van der Waals surface area contributed by atoms with E-state index in [-0.39, 0.29) is 18.0 Å². The molecular weight excluding hydrogens is 367 g/mol. The first kappa shape index (κ1) is 19.1. The number of thiophene rings is 1. The molecule has 0 saturated carbocycles. The quantitative estimate of drug-likeness (QED) is 0.585. The van der Waals surface area contributed by atoms with Gasteiger partial charge in [0.05, 0.1) is 4.90 Å². The number of halogens is 1. The van der Waals surface area contributed by atoms with Crippen molar-refractivity contribution >= 4 is 33.0 Å². The van der Waals surface area contributed by atoms with Gasteiger partial charge in [-0.3, -0.25) is 9.59 Å². The zero-order valence-electron chi connectivity index (χ0n) is 13.4. The van der Waals surface area contributed by atoms with Crippen LogP contribution in [0.5, 0.6) is 0 Å². The van der Waals surface area contributed by atoms with Crippen molar-refractivity contribution < 1.29 is 22.4 Å². The molecule has 6 nitrogen and oxygen atoms in total. The molecule has 1 atom stereocenters. The van der Waals surface area contributed by atoms with Gasteiger partial charge in [0.2, 0.25) is 0 Å². The van der Waals surface area contributed by atoms with Gasteiger partial charge in [0.15, 0.2) is 9.84 Å². The van der Waals surface area contributed by atoms with Crippen molar-refractivity contribution in [3.05, 3.63) is 52.5 Å². The molecule has 2 rings (SSSR count). The van der Waals surface area contributed by atoms with Gasteiger partial charge in [0, 0.05) is 18.0 Å². The summed E-state index contributed by atoms with van der Waals surface area (Å²) in [7, 11) is -3.88. The maximum atomic E-state index is 13.1. The Kier molecular flexibility index (Phi) is 6.27. The lowest BCUT2D eigenvalue weighted by molar-refractivity contribution is -0.139. The summed E-state index contributed by atoms with van der Waals surface area (Å²) in [6, 6.07) is 7.80. The fourth-order valence-corrected chi connectivity index (χ4v) is 4.92. The highest BCUT2D eigenvalue weighted by atomic mass is 32.2. The van der Waals surface area contributed by atoms with E-state index < -0.39 is 32.7 Å². The molecule has 0 radical (unpaired) electrons. The summed E-state index contributed by atoms with van der Waals surface area (Å²) in [6.45, 7) is 1.68. The van der Waals surface area contributed by atoms with Crippen molar-refractivity contribution in [3.63, 3.8) is 0 Å². The lowest BCUT2D eigenvalue weighted by Crippen LogP contribution is -2.42. The second-order valence-corrected chi connectivity index (χ2v) is 8.18. The first-order valence-corrected chi connectivity index (χ1v) is 9.87. The molecule has 25 heavy (non-hydrogen) atoms. The van der Waals surface area contributed by atoms with Gasteiger partial charge in [-0.25, -0.2) is 12.8 Å². The molecule has 0 aliphatic carbocycles. The van der Waals surface area contributed by atoms with Gasteiger partial charge >= 0.3 is 11.8 Å². The molecule has 134 valence electrons. The zero-order valence-corrected chi connectivity index (χ0v) is 15.0. The Bertz CT molecular complexity index is 834. The van der Waals surface area contributed by atoms with Crippen molar-refractivity contribution in [1.82, 2.24) is 10.6 Å². The predicted octanol–water partition coefficient (Wildman–Crippen LogP) is 1.65. The standard InChI is InChI=1S/C16H17FN2O4S2/c1-2-18-15(20)16(21)19-10-14(13-4-3-9-24-13)25(22,23)12-7-5-11(17)6-8-12/h3-9,14H,2,10H2,1H3,(H,18,20)(H,19,21). The normalized spacial score (nSPS) is 12.4. The van der Waals surface area contributed by atoms with Gasteiger partial charge in [0.1, 0.15) is 11.1 Å². The van der Waals surface area contributed by atoms with Gasteiger partial charge in [-0.2, -0.15) is 0 Å². The topological polar surface area (TPSA) is 92.3 Å². The smallest absolute Gasteiger partial charge is 0.309 e. The van der Waals surface area contributed by atoms with Gasteiger partial charge in [-0.05, 0) is 42.6 Å². The molecule has 1 aromatic heterocycles. The number of hydrogen-bond donors (Lipinski definition) is 2. The zero-order chi connectivity index (χ0) is 18.4. The second-order valence-electron chi connectivity index (χ2n) is 5.07. The Hall–Kier alpha value is -2.26. The number of hydrogen-bond acceptors (Lipinski definition) is 5. The van der Waals surface area contributed by atoms with Gasteiger partial charge in [-0.1, -0.05) is 6.07 Å². The first-order chi connectivity index (χ1) is 11.9. The summed E-state index contributed by atoms with van der Waals surface area (Å²) >= 11 is 1.22. The van der Waals surface area contributed by atoms with E-state index in [1.165, 1.54) is 23.5 Å². The molecule has 2 N–H and O–H groups in total. The molecule has 2 aromatic rings. The molecule has 0 aliphatic heterocycles. The molecule has 0 aliphatic rings. The van der Waals surface area contributed by atoms with Crippen LogP contribution in [-0.4, -0.2) is 33.3 Å². The Morgan fingerprint density at radius 3 is 2.32 bits per heavy atom. The van der Waals surface area contributed by atoms with Crippen LogP contribution in [0.15, 0.2) is 46.7 Å². The Balaban J connectivity index is 2.26. The highest BCUT2D eigenvalue weighted by Gasteiger charge is 2.31. The molecule has 1 heterocycles. The summed E-state index contributed by atoms with van der Waals surface area (Å²) in [5.74, 6) is -2.28. The Morgan fingerprint density at radius 2 is 1.76 bits per heavy atom. The molecule has 1 unspecified atom stereocenters. The lowest BCUT2D eigenvalue weighted by Gasteiger charge is -2.17. The van der Waals surface area contributed by atoms with E-state index in [0.29, 0.717) is 4.88 Å². The van der Waals surface area contributed by atoms with E-state index in [0.717, 1.165) is 12.1 Å². The fourth-order valence-electron chi connectivity index (χ4n) is 2.13. The summed E-state index contributed by atoms with van der Waals surface area (Å²) in [4.78, 5) is 23.7. The third kappa shape index (κ3) is 4.64. The van der Waals surface area contributed by atoms with E-state index >= 15 is 0 Å². The van der Waals surface area contributed by atoms with E-state index in [9.17, 15) is 22.4 Å². The van der Waals surface area contributed by atoms with Gasteiger partial charge in [-0.15, -0.1) is 11.3 Å². The molecular formula is C16H17FN2O4S2. The number of amides is 2. The van der Waals surface area contributed by atoms with E-state index in [1.54, 1.807) is 24.4 Å². The molecule has 2 amide bonds. The van der Waals surface area contributed by atoms with Crippen LogP contribution >= 0.6 is 11.3 Å². The van der Waals surface area contributed by atoms with E-state index in [2.05, 4.69) is 10.6 Å². The Labute approximate surface area is 149 Å². The first-order valence-electron chi connectivity index (χ1n) is 7.45. The SMILES string of the molecule is CCNC(=O)C(=O)NCC(c1cccs1)S(=O)(=O)c1ccc(F)cc1. The Morgan fingerprint density at radius 1 is 1.12 bits per heavy atom. The van der Waals surface area contributed by atoms with Crippen molar-refractivity contribution in [2.75, 3.05) is 13.1 Å². The van der Waals surface area contributed by atoms with Crippen LogP contribution in [-0.2, 0) is 19.4 Å². The van der Waals surface area contributed by atoms with Crippen molar-refractivity contribution in [2.24, 2.45) is 0 Å². The summed E-state index contributed by atoms with van der Waals surface area (Å²) in [5.41, 5.74) is 0. The van der Waals surface area contributed by atoms with Crippen LogP contribution in [0.2, 0.25) is 0 Å². The number of sulfone groups is 1. The highest BCUT2D eigenvalue weighted by Crippen LogP contribution is 2.31. The number of rotatable bonds is 6. The fraction of sp³-hybridized carbons (Fsp3) is 0.250. The van der Waals surface area contributed by atoms with E-state index in [4.69, 9.17) is 0 Å². The largest absolute Gasteiger partial charge is 0.348 e. The minimum Gasteiger partial charge on any atom is -0.348 e. The van der Waals surface area contributed by atoms with Crippen molar-refractivity contribution in [1.29, 1.82) is 0 Å². The van der Waals surface area contributed by atoms with E-state index in [1.807, 2.05) is 0 Å². The number of carbonyl (C=O) groups excluding carboxylic acids is 2. The van der Waals surface area contributed by atoms with Crippen LogP contribution in [0, 0.1) is 5.82 Å². The molecule has 0 saturated heterocycles. The monoisotopic (exact) mass is 384 g/mol. The van der Waals surface area contributed by atoms with Gasteiger partial charge < -0.3 is 10.6 Å². The summed E-state index contributed by atoms with van der Waals surface area (Å²) in [6.07, 6.45) is 0. The summed E-state index contributed by atoms with van der Waals surface area (Å²) < 4.78 is 38.8. The average Bonchev–Trinajstić information content (AvgIpc) is 3.09. The molecule has 0 bridgehead atoms. The van der Waals surface area contributed by atoms with Crippen LogP contribution in [0.1, 0.15) is 17.1 Å². The lowest BCUT2D eigenvalue weighted by atomic mass is 10.3. The van der Waals surface area contributed by atoms with Crippen molar-refractivity contribution in [3.8, 4) is 0 Å². The minimum atomic E-state index is -3.88. The van der Waals surface area contributed by atoms with Crippen LogP contribution in [0.4, 0.5) is 4.39 Å². The highest BCUT2D eigenvalue weighted by molar-refractivity contribution is 7.91. The average molecular weight is 384 g/mol. The number of likely N-dealkylation sites (N-methyl/N-ethyl adjacent to an activating group) is 1. The number of nitrogens with one attached hydrogen (secondary N) is 2. The molecule has 1 aromatic carbocycles. The van der Waals surface area contributed by atoms with Crippen LogP contribution in [0.25, 0.3) is 0 Å². The van der Waals surface area contributed by atoms with Gasteiger partial charge in [0.25, 0.3) is 0 Å². The third-order valence-corrected chi connectivity index (χ3v) is 6.60. The van der Waals surface area contributed by atoms with Crippen LogP contribution < -0.4 is 10.6 Å². The maximum absolute atomic E-state index is 13.1.